The Bertz CT molecular complexity index is 692. The molecule has 4 heteroatoms. The van der Waals surface area contributed by atoms with Gasteiger partial charge in [0.2, 0.25) is 0 Å². The van der Waals surface area contributed by atoms with Gasteiger partial charge in [0.1, 0.15) is 11.9 Å². The van der Waals surface area contributed by atoms with E-state index in [1.165, 1.54) is 0 Å². The lowest BCUT2D eigenvalue weighted by atomic mass is 9.96. The minimum atomic E-state index is -0.249. The molecule has 0 amide bonds. The minimum Gasteiger partial charge on any atom is -0.497 e. The van der Waals surface area contributed by atoms with Gasteiger partial charge >= 0.3 is 0 Å². The molecule has 1 aliphatic rings. The summed E-state index contributed by atoms with van der Waals surface area (Å²) < 4.78 is 5.18. The second kappa shape index (κ2) is 5.14. The summed E-state index contributed by atoms with van der Waals surface area (Å²) in [6.45, 7) is 2.00. The number of hydrogen-bond donors (Lipinski definition) is 2. The van der Waals surface area contributed by atoms with Crippen LogP contribution in [0.25, 0.3) is 6.08 Å². The zero-order valence-electron chi connectivity index (χ0n) is 12.2. The molecule has 0 aliphatic carbocycles. The van der Waals surface area contributed by atoms with Crippen LogP contribution < -0.4 is 21.1 Å². The third-order valence-corrected chi connectivity index (χ3v) is 3.93. The van der Waals surface area contributed by atoms with Gasteiger partial charge in [0.15, 0.2) is 0 Å². The highest BCUT2D eigenvalue weighted by Crippen LogP contribution is 2.35. The van der Waals surface area contributed by atoms with Crippen LogP contribution in [0.4, 0.5) is 11.4 Å². The summed E-state index contributed by atoms with van der Waals surface area (Å²) in [4.78, 5) is 2.02. The summed E-state index contributed by atoms with van der Waals surface area (Å²) >= 11 is 0. The molecule has 4 N–H and O–H groups in total. The van der Waals surface area contributed by atoms with Crippen molar-refractivity contribution in [1.29, 1.82) is 0 Å². The third kappa shape index (κ3) is 2.23. The monoisotopic (exact) mass is 281 g/mol. The van der Waals surface area contributed by atoms with Crippen molar-refractivity contribution in [2.75, 3.05) is 17.7 Å². The van der Waals surface area contributed by atoms with Crippen LogP contribution in [0.3, 0.4) is 0 Å². The molecule has 21 heavy (non-hydrogen) atoms. The molecule has 0 bridgehead atoms. The van der Waals surface area contributed by atoms with E-state index in [0.29, 0.717) is 0 Å². The maximum atomic E-state index is 6.40. The number of aryl methyl sites for hydroxylation is 1. The first kappa shape index (κ1) is 13.5. The van der Waals surface area contributed by atoms with E-state index in [1.807, 2.05) is 60.5 Å². The molecule has 0 saturated heterocycles. The van der Waals surface area contributed by atoms with Crippen LogP contribution in [0.5, 0.6) is 5.75 Å². The zero-order chi connectivity index (χ0) is 15.0. The third-order valence-electron chi connectivity index (χ3n) is 3.93. The van der Waals surface area contributed by atoms with Crippen LogP contribution >= 0.6 is 0 Å². The predicted molar refractivity (Wildman–Crippen MR) is 87.0 cm³/mol. The van der Waals surface area contributed by atoms with E-state index in [4.69, 9.17) is 16.2 Å². The number of nitrogens with two attached hydrogens (primary N) is 2. The highest BCUT2D eigenvalue weighted by molar-refractivity contribution is 5.75. The largest absolute Gasteiger partial charge is 0.497 e. The van der Waals surface area contributed by atoms with Crippen LogP contribution in [0, 0.1) is 6.92 Å². The molecule has 4 nitrogen and oxygen atoms in total. The van der Waals surface area contributed by atoms with Gasteiger partial charge in [-0.05, 0) is 48.4 Å². The smallest absolute Gasteiger partial charge is 0.119 e. The molecule has 0 radical (unpaired) electrons. The van der Waals surface area contributed by atoms with Crippen LogP contribution in [-0.2, 0) is 0 Å². The molecule has 2 aromatic carbocycles. The van der Waals surface area contributed by atoms with Gasteiger partial charge in [-0.15, -0.1) is 0 Å². The molecule has 3 rings (SSSR count). The normalized spacial score (nSPS) is 16.7. The first-order chi connectivity index (χ1) is 10.1. The molecule has 1 heterocycles. The number of rotatable bonds is 2. The van der Waals surface area contributed by atoms with Gasteiger partial charge in [-0.2, -0.15) is 0 Å². The highest BCUT2D eigenvalue weighted by Gasteiger charge is 2.22. The van der Waals surface area contributed by atoms with Gasteiger partial charge in [0.05, 0.1) is 7.11 Å². The van der Waals surface area contributed by atoms with Gasteiger partial charge in [0.25, 0.3) is 0 Å². The Morgan fingerprint density at radius 3 is 2.48 bits per heavy atom. The average Bonchev–Trinajstić information content (AvgIpc) is 2.52. The van der Waals surface area contributed by atoms with Gasteiger partial charge in [0, 0.05) is 23.1 Å². The van der Waals surface area contributed by atoms with Crippen LogP contribution in [0.15, 0.2) is 42.6 Å². The van der Waals surface area contributed by atoms with E-state index in [0.717, 1.165) is 33.8 Å². The summed E-state index contributed by atoms with van der Waals surface area (Å²) in [6, 6.07) is 11.9. The molecule has 0 aromatic heterocycles. The van der Waals surface area contributed by atoms with Crippen molar-refractivity contribution in [1.82, 2.24) is 0 Å². The lowest BCUT2D eigenvalue weighted by molar-refractivity contribution is 0.415. The van der Waals surface area contributed by atoms with Gasteiger partial charge < -0.3 is 21.1 Å². The molecule has 0 saturated carbocycles. The first-order valence-corrected chi connectivity index (χ1v) is 6.87. The Balaban J connectivity index is 1.99. The number of anilines is 2. The first-order valence-electron chi connectivity index (χ1n) is 6.87. The predicted octanol–water partition coefficient (Wildman–Crippen LogP) is 3.03. The number of hydrogen-bond acceptors (Lipinski definition) is 4. The summed E-state index contributed by atoms with van der Waals surface area (Å²) in [5.41, 5.74) is 17.5. The van der Waals surface area contributed by atoms with Crippen LogP contribution in [0.1, 0.15) is 22.9 Å². The Morgan fingerprint density at radius 1 is 1.10 bits per heavy atom. The van der Waals surface area contributed by atoms with Crippen molar-refractivity contribution < 1.29 is 4.74 Å². The average molecular weight is 281 g/mol. The quantitative estimate of drug-likeness (QED) is 0.830. The fourth-order valence-corrected chi connectivity index (χ4v) is 2.60. The van der Waals surface area contributed by atoms with Gasteiger partial charge in [-0.3, -0.25) is 0 Å². The Hall–Kier alpha value is -2.46. The van der Waals surface area contributed by atoms with E-state index in [2.05, 4.69) is 0 Å². The fraction of sp³-hybridized carbons (Fsp3) is 0.176. The molecule has 1 aliphatic heterocycles. The Labute approximate surface area is 124 Å². The lowest BCUT2D eigenvalue weighted by Gasteiger charge is -2.33. The molecule has 0 spiro atoms. The second-order valence-electron chi connectivity index (χ2n) is 5.16. The molecule has 0 fully saturated rings. The molecule has 1 atom stereocenters. The topological polar surface area (TPSA) is 64.5 Å². The van der Waals surface area contributed by atoms with E-state index >= 15 is 0 Å². The molecule has 2 aromatic rings. The fourth-order valence-electron chi connectivity index (χ4n) is 2.60. The second-order valence-corrected chi connectivity index (χ2v) is 5.16. The molecule has 108 valence electrons. The molecular weight excluding hydrogens is 262 g/mol. The maximum Gasteiger partial charge on any atom is 0.119 e. The van der Waals surface area contributed by atoms with E-state index in [1.54, 1.807) is 7.11 Å². The SMILES string of the molecule is COc1ccc(N2C=Cc3c(ccc(C)c3N)C2N)cc1. The van der Waals surface area contributed by atoms with Crippen LogP contribution in [-0.4, -0.2) is 7.11 Å². The number of fused-ring (bicyclic) bond motifs is 1. The molecular formula is C17H19N3O. The van der Waals surface area contributed by atoms with Crippen LogP contribution in [0.2, 0.25) is 0 Å². The van der Waals surface area contributed by atoms with Crippen molar-refractivity contribution in [3.05, 3.63) is 59.3 Å². The van der Waals surface area contributed by atoms with E-state index in [-0.39, 0.29) is 6.17 Å². The van der Waals surface area contributed by atoms with Crippen molar-refractivity contribution in [3.8, 4) is 5.75 Å². The Morgan fingerprint density at radius 2 is 1.81 bits per heavy atom. The minimum absolute atomic E-state index is 0.249. The number of nitrogens with zero attached hydrogens (tertiary/aromatic N) is 1. The maximum absolute atomic E-state index is 6.40. The Kier molecular flexibility index (Phi) is 3.31. The summed E-state index contributed by atoms with van der Waals surface area (Å²) in [7, 11) is 1.66. The van der Waals surface area contributed by atoms with Crippen molar-refractivity contribution in [2.45, 2.75) is 13.1 Å². The summed E-state index contributed by atoms with van der Waals surface area (Å²) in [6.07, 6.45) is 3.75. The number of benzene rings is 2. The summed E-state index contributed by atoms with van der Waals surface area (Å²) in [5.74, 6) is 0.827. The van der Waals surface area contributed by atoms with Gasteiger partial charge in [-0.25, -0.2) is 0 Å². The standard InChI is InChI=1S/C17H19N3O/c1-11-3-8-15-14(16(11)18)9-10-20(17(15)19)12-4-6-13(21-2)7-5-12/h3-10,17H,18-19H2,1-2H3. The molecule has 1 unspecified atom stereocenters. The van der Waals surface area contributed by atoms with Crippen molar-refractivity contribution in [2.24, 2.45) is 5.73 Å². The number of methoxy groups -OCH3 is 1. The lowest BCUT2D eigenvalue weighted by Crippen LogP contribution is -2.33. The van der Waals surface area contributed by atoms with E-state index < -0.39 is 0 Å². The summed E-state index contributed by atoms with van der Waals surface area (Å²) in [5, 5.41) is 0. The highest BCUT2D eigenvalue weighted by atomic mass is 16.5. The number of nitrogen functional groups attached to an aromatic ring is 1. The zero-order valence-corrected chi connectivity index (χ0v) is 12.2. The van der Waals surface area contributed by atoms with E-state index in [9.17, 15) is 0 Å². The number of ether oxygens (including phenoxy) is 1. The van der Waals surface area contributed by atoms with Gasteiger partial charge in [-0.1, -0.05) is 12.1 Å². The van der Waals surface area contributed by atoms with Crippen molar-refractivity contribution in [3.63, 3.8) is 0 Å². The van der Waals surface area contributed by atoms with Crippen molar-refractivity contribution >= 4 is 17.5 Å².